The average molecular weight is 547 g/mol. The Hall–Kier alpha value is -3.82. The SMILES string of the molecule is COc1ccc(C2C(C(=O)OC(C)C)=C(C)N=c3s/c(=C/c4ccc(Sc5ccccc5)o4)c(=O)n32)cc1. The van der Waals surface area contributed by atoms with Crippen LogP contribution in [0.5, 0.6) is 5.75 Å². The minimum Gasteiger partial charge on any atom is -0.497 e. The molecule has 2 aromatic heterocycles. The Labute approximate surface area is 227 Å². The first-order chi connectivity index (χ1) is 18.3. The topological polar surface area (TPSA) is 83.0 Å². The van der Waals surface area contributed by atoms with Crippen LogP contribution in [-0.2, 0) is 9.53 Å². The summed E-state index contributed by atoms with van der Waals surface area (Å²) < 4.78 is 18.8. The predicted molar refractivity (Wildman–Crippen MR) is 147 cm³/mol. The van der Waals surface area contributed by atoms with Gasteiger partial charge in [-0.1, -0.05) is 53.4 Å². The van der Waals surface area contributed by atoms with Gasteiger partial charge in [0.2, 0.25) is 0 Å². The maximum absolute atomic E-state index is 13.8. The Bertz CT molecular complexity index is 1680. The zero-order valence-electron chi connectivity index (χ0n) is 21.3. The van der Waals surface area contributed by atoms with Gasteiger partial charge in [0.25, 0.3) is 5.56 Å². The second-order valence-electron chi connectivity index (χ2n) is 8.88. The number of carbonyl (C=O) groups is 1. The first-order valence-corrected chi connectivity index (χ1v) is 13.7. The number of methoxy groups -OCH3 is 1. The molecule has 0 amide bonds. The van der Waals surface area contributed by atoms with Crippen LogP contribution in [-0.4, -0.2) is 23.8 Å². The van der Waals surface area contributed by atoms with Crippen LogP contribution in [0, 0.1) is 0 Å². The van der Waals surface area contributed by atoms with E-state index in [1.54, 1.807) is 50.7 Å². The van der Waals surface area contributed by atoms with Crippen molar-refractivity contribution in [2.75, 3.05) is 7.11 Å². The van der Waals surface area contributed by atoms with Crippen LogP contribution in [0.3, 0.4) is 0 Å². The van der Waals surface area contributed by atoms with Crippen LogP contribution in [0.25, 0.3) is 6.08 Å². The third-order valence-electron chi connectivity index (χ3n) is 5.85. The van der Waals surface area contributed by atoms with E-state index in [2.05, 4.69) is 4.99 Å². The van der Waals surface area contributed by atoms with Gasteiger partial charge in [0.05, 0.1) is 35.1 Å². The number of furan rings is 1. The molecule has 0 saturated carbocycles. The number of aromatic nitrogens is 1. The Morgan fingerprint density at radius 1 is 1.11 bits per heavy atom. The van der Waals surface area contributed by atoms with Gasteiger partial charge in [0, 0.05) is 11.0 Å². The van der Waals surface area contributed by atoms with E-state index in [9.17, 15) is 9.59 Å². The van der Waals surface area contributed by atoms with Crippen molar-refractivity contribution in [3.05, 3.63) is 109 Å². The molecule has 0 N–H and O–H groups in total. The highest BCUT2D eigenvalue weighted by atomic mass is 32.2. The minimum atomic E-state index is -0.689. The number of esters is 1. The lowest BCUT2D eigenvalue weighted by atomic mass is 9.96. The molecule has 0 saturated heterocycles. The molecule has 0 aliphatic carbocycles. The van der Waals surface area contributed by atoms with E-state index in [1.807, 2.05) is 54.6 Å². The second kappa shape index (κ2) is 10.9. The standard InChI is InChI=1S/C29H26N2O5S2/c1-17(2)35-28(33)25-18(3)30-29-31(26(25)19-10-12-20(34-4)13-11-19)27(32)23(38-29)16-21-14-15-24(36-21)37-22-8-6-5-7-9-22/h5-17,26H,1-4H3/b23-16+. The van der Waals surface area contributed by atoms with Crippen LogP contribution in [0.4, 0.5) is 0 Å². The fourth-order valence-electron chi connectivity index (χ4n) is 4.16. The molecule has 0 spiro atoms. The van der Waals surface area contributed by atoms with E-state index in [-0.39, 0.29) is 11.7 Å². The number of benzene rings is 2. The molecule has 5 rings (SSSR count). The monoisotopic (exact) mass is 546 g/mol. The summed E-state index contributed by atoms with van der Waals surface area (Å²) in [6, 6.07) is 20.3. The van der Waals surface area contributed by atoms with Gasteiger partial charge in [0.15, 0.2) is 9.89 Å². The molecule has 1 unspecified atom stereocenters. The van der Waals surface area contributed by atoms with Gasteiger partial charge in [-0.05, 0) is 62.7 Å². The number of rotatable bonds is 7. The molecule has 1 aliphatic heterocycles. The quantitative estimate of drug-likeness (QED) is 0.306. The second-order valence-corrected chi connectivity index (χ2v) is 11.0. The Kier molecular flexibility index (Phi) is 7.40. The summed E-state index contributed by atoms with van der Waals surface area (Å²) in [5.41, 5.74) is 1.35. The number of ether oxygens (including phenoxy) is 2. The first kappa shape index (κ1) is 25.8. The van der Waals surface area contributed by atoms with Crippen molar-refractivity contribution < 1.29 is 18.7 Å². The van der Waals surface area contributed by atoms with Gasteiger partial charge in [-0.25, -0.2) is 9.79 Å². The molecule has 1 atom stereocenters. The van der Waals surface area contributed by atoms with E-state index in [0.29, 0.717) is 32.1 Å². The van der Waals surface area contributed by atoms with E-state index in [1.165, 1.54) is 23.1 Å². The van der Waals surface area contributed by atoms with Crippen LogP contribution in [0.2, 0.25) is 0 Å². The summed E-state index contributed by atoms with van der Waals surface area (Å²) in [7, 11) is 1.59. The average Bonchev–Trinajstić information content (AvgIpc) is 3.46. The molecule has 0 radical (unpaired) electrons. The zero-order valence-corrected chi connectivity index (χ0v) is 23.0. The highest BCUT2D eigenvalue weighted by Crippen LogP contribution is 2.32. The van der Waals surface area contributed by atoms with Crippen molar-refractivity contribution in [1.82, 2.24) is 4.57 Å². The lowest BCUT2D eigenvalue weighted by molar-refractivity contribution is -0.143. The Morgan fingerprint density at radius 2 is 1.84 bits per heavy atom. The molecular weight excluding hydrogens is 520 g/mol. The number of thiazole rings is 1. The smallest absolute Gasteiger partial charge is 0.338 e. The minimum absolute atomic E-state index is 0.259. The largest absolute Gasteiger partial charge is 0.497 e. The lowest BCUT2D eigenvalue weighted by Crippen LogP contribution is -2.40. The number of nitrogens with zero attached hydrogens (tertiary/aromatic N) is 2. The van der Waals surface area contributed by atoms with Crippen molar-refractivity contribution in [3.8, 4) is 5.75 Å². The fourth-order valence-corrected chi connectivity index (χ4v) is 5.99. The fraction of sp³-hybridized carbons (Fsp3) is 0.207. The molecule has 7 nitrogen and oxygen atoms in total. The number of hydrogen-bond donors (Lipinski definition) is 0. The van der Waals surface area contributed by atoms with Gasteiger partial charge in [-0.15, -0.1) is 0 Å². The van der Waals surface area contributed by atoms with Gasteiger partial charge in [-0.2, -0.15) is 0 Å². The Morgan fingerprint density at radius 3 is 2.53 bits per heavy atom. The molecule has 0 fully saturated rings. The molecule has 4 aromatic rings. The van der Waals surface area contributed by atoms with E-state index in [0.717, 1.165) is 15.6 Å². The van der Waals surface area contributed by atoms with Crippen LogP contribution in [0.15, 0.2) is 102 Å². The van der Waals surface area contributed by atoms with Crippen molar-refractivity contribution in [1.29, 1.82) is 0 Å². The molecule has 2 aromatic carbocycles. The molecule has 0 bridgehead atoms. The summed E-state index contributed by atoms with van der Waals surface area (Å²) >= 11 is 2.76. The lowest BCUT2D eigenvalue weighted by Gasteiger charge is -2.25. The molecule has 194 valence electrons. The third kappa shape index (κ3) is 5.25. The highest BCUT2D eigenvalue weighted by molar-refractivity contribution is 7.99. The molecule has 38 heavy (non-hydrogen) atoms. The van der Waals surface area contributed by atoms with E-state index < -0.39 is 12.0 Å². The van der Waals surface area contributed by atoms with Gasteiger partial charge < -0.3 is 13.9 Å². The maximum Gasteiger partial charge on any atom is 0.338 e. The first-order valence-electron chi connectivity index (χ1n) is 12.0. The van der Waals surface area contributed by atoms with Gasteiger partial charge in [-0.3, -0.25) is 9.36 Å². The molecule has 1 aliphatic rings. The number of hydrogen-bond acceptors (Lipinski definition) is 8. The van der Waals surface area contributed by atoms with Crippen molar-refractivity contribution in [2.24, 2.45) is 4.99 Å². The number of fused-ring (bicyclic) bond motifs is 1. The summed E-state index contributed by atoms with van der Waals surface area (Å²) in [6.07, 6.45) is 1.40. The summed E-state index contributed by atoms with van der Waals surface area (Å²) in [5.74, 6) is 0.741. The number of carbonyl (C=O) groups excluding carboxylic acids is 1. The van der Waals surface area contributed by atoms with Gasteiger partial charge >= 0.3 is 5.97 Å². The van der Waals surface area contributed by atoms with Crippen LogP contribution < -0.4 is 19.6 Å². The molecule has 3 heterocycles. The predicted octanol–water partition coefficient (Wildman–Crippen LogP) is 4.94. The van der Waals surface area contributed by atoms with Gasteiger partial charge in [0.1, 0.15) is 11.5 Å². The summed E-state index contributed by atoms with van der Waals surface area (Å²) in [5, 5.41) is 0.723. The summed E-state index contributed by atoms with van der Waals surface area (Å²) in [6.45, 7) is 5.35. The molecule has 9 heteroatoms. The van der Waals surface area contributed by atoms with Crippen LogP contribution >= 0.6 is 23.1 Å². The van der Waals surface area contributed by atoms with Crippen molar-refractivity contribution in [2.45, 2.75) is 42.9 Å². The van der Waals surface area contributed by atoms with E-state index in [4.69, 9.17) is 13.9 Å². The van der Waals surface area contributed by atoms with Crippen molar-refractivity contribution >= 4 is 35.1 Å². The van der Waals surface area contributed by atoms with E-state index >= 15 is 0 Å². The van der Waals surface area contributed by atoms with Crippen LogP contribution in [0.1, 0.15) is 38.1 Å². The van der Waals surface area contributed by atoms with Crippen molar-refractivity contribution in [3.63, 3.8) is 0 Å². The molecular formula is C29H26N2O5S2. The summed E-state index contributed by atoms with van der Waals surface area (Å²) in [4.78, 5) is 33.1. The normalized spacial score (nSPS) is 15.4. The zero-order chi connectivity index (χ0) is 26.8. The maximum atomic E-state index is 13.8. The third-order valence-corrected chi connectivity index (χ3v) is 7.76. The Balaban J connectivity index is 1.58. The number of allylic oxidation sites excluding steroid dienone is 1. The highest BCUT2D eigenvalue weighted by Gasteiger charge is 2.33.